The van der Waals surface area contributed by atoms with Crippen molar-refractivity contribution >= 4 is 27.4 Å². The topological polar surface area (TPSA) is 72.0 Å². The second-order valence-corrected chi connectivity index (χ2v) is 7.84. The first kappa shape index (κ1) is 14.5. The Morgan fingerprint density at radius 1 is 1.26 bits per heavy atom. The summed E-state index contributed by atoms with van der Waals surface area (Å²) in [5.74, 6) is 1.05. The molecule has 1 N–H and O–H groups in total. The number of nitrogens with zero attached hydrogens (tertiary/aromatic N) is 2. The molecule has 1 aromatic rings. The molecule has 0 spiro atoms. The number of hydrogen-bond donors (Lipinski definition) is 1. The molecule has 0 aliphatic heterocycles. The SMILES string of the molecule is CS(=O)(=O)C1CCC(CNc2ncc(Cl)cn2)CC1. The lowest BCUT2D eigenvalue weighted by Gasteiger charge is -2.27. The third-order valence-corrected chi connectivity index (χ3v) is 5.45. The van der Waals surface area contributed by atoms with Gasteiger partial charge in [0.05, 0.1) is 22.7 Å². The number of anilines is 1. The summed E-state index contributed by atoms with van der Waals surface area (Å²) in [5, 5.41) is 3.52. The average molecular weight is 304 g/mol. The molecule has 1 aromatic heterocycles. The van der Waals surface area contributed by atoms with E-state index in [0.717, 1.165) is 32.2 Å². The summed E-state index contributed by atoms with van der Waals surface area (Å²) in [5.41, 5.74) is 0. The number of sulfone groups is 1. The second kappa shape index (κ2) is 6.05. The van der Waals surface area contributed by atoms with Crippen LogP contribution >= 0.6 is 11.6 Å². The van der Waals surface area contributed by atoms with Crippen LogP contribution in [0.5, 0.6) is 0 Å². The van der Waals surface area contributed by atoms with E-state index in [1.165, 1.54) is 6.26 Å². The van der Waals surface area contributed by atoms with Crippen LogP contribution in [0.4, 0.5) is 5.95 Å². The molecule has 106 valence electrons. The summed E-state index contributed by atoms with van der Waals surface area (Å²) in [6, 6.07) is 0. The number of nitrogens with one attached hydrogen (secondary N) is 1. The number of aromatic nitrogens is 2. The second-order valence-electron chi connectivity index (χ2n) is 5.08. The van der Waals surface area contributed by atoms with E-state index < -0.39 is 9.84 Å². The molecular formula is C12H18ClN3O2S. The maximum absolute atomic E-state index is 11.5. The summed E-state index contributed by atoms with van der Waals surface area (Å²) >= 11 is 5.71. The van der Waals surface area contributed by atoms with Crippen molar-refractivity contribution in [2.24, 2.45) is 5.92 Å². The van der Waals surface area contributed by atoms with Crippen molar-refractivity contribution < 1.29 is 8.42 Å². The van der Waals surface area contributed by atoms with Crippen LogP contribution in [0.25, 0.3) is 0 Å². The maximum atomic E-state index is 11.5. The van der Waals surface area contributed by atoms with Crippen molar-refractivity contribution in [2.75, 3.05) is 18.1 Å². The minimum atomic E-state index is -2.88. The molecule has 1 aliphatic rings. The predicted molar refractivity (Wildman–Crippen MR) is 76.1 cm³/mol. The quantitative estimate of drug-likeness (QED) is 0.922. The van der Waals surface area contributed by atoms with E-state index in [4.69, 9.17) is 11.6 Å². The molecule has 1 aliphatic carbocycles. The van der Waals surface area contributed by atoms with Gasteiger partial charge in [-0.05, 0) is 31.6 Å². The molecule has 0 amide bonds. The normalized spacial score (nSPS) is 24.1. The monoisotopic (exact) mass is 303 g/mol. The first-order valence-electron chi connectivity index (χ1n) is 6.35. The highest BCUT2D eigenvalue weighted by Gasteiger charge is 2.27. The summed E-state index contributed by atoms with van der Waals surface area (Å²) in [7, 11) is -2.88. The Morgan fingerprint density at radius 3 is 2.37 bits per heavy atom. The zero-order valence-electron chi connectivity index (χ0n) is 10.8. The lowest BCUT2D eigenvalue weighted by molar-refractivity contribution is 0.371. The lowest BCUT2D eigenvalue weighted by Crippen LogP contribution is -2.29. The van der Waals surface area contributed by atoms with E-state index in [0.29, 0.717) is 16.9 Å². The Hall–Kier alpha value is -0.880. The number of rotatable bonds is 4. The Morgan fingerprint density at radius 2 is 1.84 bits per heavy atom. The molecular weight excluding hydrogens is 286 g/mol. The van der Waals surface area contributed by atoms with Gasteiger partial charge in [0.2, 0.25) is 5.95 Å². The third-order valence-electron chi connectivity index (χ3n) is 3.57. The van der Waals surface area contributed by atoms with Gasteiger partial charge in [-0.2, -0.15) is 0 Å². The first-order valence-corrected chi connectivity index (χ1v) is 8.68. The van der Waals surface area contributed by atoms with Crippen molar-refractivity contribution in [2.45, 2.75) is 30.9 Å². The van der Waals surface area contributed by atoms with E-state index >= 15 is 0 Å². The zero-order valence-corrected chi connectivity index (χ0v) is 12.4. The minimum absolute atomic E-state index is 0.157. The van der Waals surface area contributed by atoms with Gasteiger partial charge in [-0.3, -0.25) is 0 Å². The van der Waals surface area contributed by atoms with E-state index in [-0.39, 0.29) is 5.25 Å². The highest BCUT2D eigenvalue weighted by molar-refractivity contribution is 7.91. The first-order chi connectivity index (χ1) is 8.95. The number of hydrogen-bond acceptors (Lipinski definition) is 5. The van der Waals surface area contributed by atoms with Crippen LogP contribution in [-0.2, 0) is 9.84 Å². The van der Waals surface area contributed by atoms with Gasteiger partial charge in [0, 0.05) is 12.8 Å². The summed E-state index contributed by atoms with van der Waals surface area (Å²) in [6.45, 7) is 0.776. The van der Waals surface area contributed by atoms with Crippen LogP contribution in [-0.4, -0.2) is 36.4 Å². The molecule has 0 bridgehead atoms. The molecule has 2 rings (SSSR count). The van der Waals surface area contributed by atoms with Gasteiger partial charge in [0.25, 0.3) is 0 Å². The van der Waals surface area contributed by atoms with E-state index in [1.807, 2.05) is 0 Å². The predicted octanol–water partition coefficient (Wildman–Crippen LogP) is 2.15. The van der Waals surface area contributed by atoms with Crippen LogP contribution in [0.1, 0.15) is 25.7 Å². The molecule has 0 radical (unpaired) electrons. The molecule has 0 unspecified atom stereocenters. The number of halogens is 1. The van der Waals surface area contributed by atoms with Crippen LogP contribution in [0.3, 0.4) is 0 Å². The Bertz CT molecular complexity index is 510. The van der Waals surface area contributed by atoms with Gasteiger partial charge in [0.1, 0.15) is 9.84 Å². The fraction of sp³-hybridized carbons (Fsp3) is 0.667. The van der Waals surface area contributed by atoms with Crippen molar-refractivity contribution in [1.82, 2.24) is 9.97 Å². The highest BCUT2D eigenvalue weighted by Crippen LogP contribution is 2.28. The third kappa shape index (κ3) is 4.31. The van der Waals surface area contributed by atoms with Gasteiger partial charge < -0.3 is 5.32 Å². The van der Waals surface area contributed by atoms with Crippen LogP contribution in [0, 0.1) is 5.92 Å². The van der Waals surface area contributed by atoms with Crippen molar-refractivity contribution in [3.8, 4) is 0 Å². The minimum Gasteiger partial charge on any atom is -0.354 e. The smallest absolute Gasteiger partial charge is 0.222 e. The fourth-order valence-electron chi connectivity index (χ4n) is 2.40. The Labute approximate surface area is 118 Å². The van der Waals surface area contributed by atoms with Gasteiger partial charge >= 0.3 is 0 Å². The lowest BCUT2D eigenvalue weighted by atomic mass is 9.89. The summed E-state index contributed by atoms with van der Waals surface area (Å²) in [6.07, 6.45) is 7.81. The van der Waals surface area contributed by atoms with Crippen molar-refractivity contribution in [1.29, 1.82) is 0 Å². The van der Waals surface area contributed by atoms with Crippen LogP contribution < -0.4 is 5.32 Å². The van der Waals surface area contributed by atoms with Crippen LogP contribution in [0.2, 0.25) is 5.02 Å². The molecule has 0 aromatic carbocycles. The van der Waals surface area contributed by atoms with Crippen molar-refractivity contribution in [3.63, 3.8) is 0 Å². The fourth-order valence-corrected chi connectivity index (χ4v) is 3.63. The molecule has 1 saturated carbocycles. The maximum Gasteiger partial charge on any atom is 0.222 e. The standard InChI is InChI=1S/C12H18ClN3O2S/c1-19(17,18)11-4-2-9(3-5-11)6-14-12-15-7-10(13)8-16-12/h7-9,11H,2-6H2,1H3,(H,14,15,16). The van der Waals surface area contributed by atoms with Gasteiger partial charge in [0.15, 0.2) is 0 Å². The van der Waals surface area contributed by atoms with E-state index in [2.05, 4.69) is 15.3 Å². The molecule has 0 saturated heterocycles. The largest absolute Gasteiger partial charge is 0.354 e. The van der Waals surface area contributed by atoms with E-state index in [1.54, 1.807) is 12.4 Å². The van der Waals surface area contributed by atoms with Gasteiger partial charge in [-0.25, -0.2) is 18.4 Å². The van der Waals surface area contributed by atoms with Crippen LogP contribution in [0.15, 0.2) is 12.4 Å². The Balaban J connectivity index is 1.78. The molecule has 1 heterocycles. The average Bonchev–Trinajstić information content (AvgIpc) is 2.37. The summed E-state index contributed by atoms with van der Waals surface area (Å²) in [4.78, 5) is 8.13. The van der Waals surface area contributed by atoms with E-state index in [9.17, 15) is 8.42 Å². The van der Waals surface area contributed by atoms with Gasteiger partial charge in [-0.15, -0.1) is 0 Å². The molecule has 5 nitrogen and oxygen atoms in total. The van der Waals surface area contributed by atoms with Gasteiger partial charge in [-0.1, -0.05) is 11.6 Å². The highest BCUT2D eigenvalue weighted by atomic mass is 35.5. The molecule has 7 heteroatoms. The zero-order chi connectivity index (χ0) is 13.9. The summed E-state index contributed by atoms with van der Waals surface area (Å²) < 4.78 is 22.9. The Kier molecular flexibility index (Phi) is 4.62. The molecule has 19 heavy (non-hydrogen) atoms. The molecule has 1 fully saturated rings. The molecule has 0 atom stereocenters. The van der Waals surface area contributed by atoms with Crippen molar-refractivity contribution in [3.05, 3.63) is 17.4 Å².